The van der Waals surface area contributed by atoms with Crippen LogP contribution in [-0.4, -0.2) is 25.1 Å². The van der Waals surface area contributed by atoms with E-state index in [1.807, 2.05) is 32.0 Å². The summed E-state index contributed by atoms with van der Waals surface area (Å²) in [4.78, 5) is 0. The van der Waals surface area contributed by atoms with E-state index in [2.05, 4.69) is 0 Å². The molecule has 0 N–H and O–H groups in total. The van der Waals surface area contributed by atoms with Crippen molar-refractivity contribution in [1.82, 2.24) is 0 Å². The van der Waals surface area contributed by atoms with Gasteiger partial charge in [0.1, 0.15) is 17.6 Å². The first-order valence-electron chi connectivity index (χ1n) is 6.33. The maximum Gasteiger partial charge on any atom is 0.205 e. The van der Waals surface area contributed by atoms with Gasteiger partial charge in [-0.2, -0.15) is 0 Å². The molecule has 0 aromatic heterocycles. The van der Waals surface area contributed by atoms with E-state index in [4.69, 9.17) is 18.9 Å². The van der Waals surface area contributed by atoms with Gasteiger partial charge >= 0.3 is 0 Å². The van der Waals surface area contributed by atoms with Crippen LogP contribution in [0.5, 0.6) is 11.5 Å². The predicted molar refractivity (Wildman–Crippen MR) is 65.8 cm³/mol. The third-order valence-corrected chi connectivity index (χ3v) is 3.19. The van der Waals surface area contributed by atoms with Crippen LogP contribution in [0.25, 0.3) is 0 Å². The van der Waals surface area contributed by atoms with Crippen molar-refractivity contribution in [2.75, 3.05) is 13.2 Å². The number of hydrogen-bond acceptors (Lipinski definition) is 4. The molecule has 0 spiro atoms. The Morgan fingerprint density at radius 3 is 3.00 bits per heavy atom. The number of hydrogen-bond donors (Lipinski definition) is 0. The summed E-state index contributed by atoms with van der Waals surface area (Å²) in [6.07, 6.45) is 1.09. The van der Waals surface area contributed by atoms with Gasteiger partial charge < -0.3 is 18.9 Å². The van der Waals surface area contributed by atoms with Crippen molar-refractivity contribution in [2.45, 2.75) is 38.8 Å². The lowest BCUT2D eigenvalue weighted by atomic mass is 10.1. The minimum Gasteiger partial charge on any atom is -0.487 e. The van der Waals surface area contributed by atoms with Crippen molar-refractivity contribution in [2.24, 2.45) is 0 Å². The van der Waals surface area contributed by atoms with E-state index in [9.17, 15) is 0 Å². The average molecular weight is 250 g/mol. The summed E-state index contributed by atoms with van der Waals surface area (Å²) in [5.74, 6) is 1.13. The van der Waals surface area contributed by atoms with Crippen molar-refractivity contribution in [1.29, 1.82) is 0 Å². The predicted octanol–water partition coefficient (Wildman–Crippen LogP) is 2.50. The van der Waals surface area contributed by atoms with E-state index in [0.717, 1.165) is 30.1 Å². The highest BCUT2D eigenvalue weighted by Gasteiger charge is 2.30. The number of benzene rings is 1. The van der Waals surface area contributed by atoms with Gasteiger partial charge in [-0.25, -0.2) is 0 Å². The molecule has 1 fully saturated rings. The van der Waals surface area contributed by atoms with Gasteiger partial charge in [0.05, 0.1) is 25.4 Å². The molecular formula is C14H18O4. The third-order valence-electron chi connectivity index (χ3n) is 3.19. The fourth-order valence-electron chi connectivity index (χ4n) is 2.22. The summed E-state index contributed by atoms with van der Waals surface area (Å²) in [5.41, 5.74) is 0.990. The van der Waals surface area contributed by atoms with E-state index in [1.165, 1.54) is 0 Å². The summed E-state index contributed by atoms with van der Waals surface area (Å²) in [5, 5.41) is 0. The Morgan fingerprint density at radius 2 is 2.22 bits per heavy atom. The molecule has 4 nitrogen and oxygen atoms in total. The smallest absolute Gasteiger partial charge is 0.205 e. The maximum atomic E-state index is 5.96. The van der Waals surface area contributed by atoms with Crippen LogP contribution in [0.15, 0.2) is 18.2 Å². The molecule has 4 heteroatoms. The lowest BCUT2D eigenvalue weighted by Gasteiger charge is -2.33. The topological polar surface area (TPSA) is 36.9 Å². The molecule has 1 aromatic rings. The molecule has 1 aromatic carbocycles. The molecule has 1 unspecified atom stereocenters. The monoisotopic (exact) mass is 250 g/mol. The Balaban J connectivity index is 1.83. The first-order valence-corrected chi connectivity index (χ1v) is 6.33. The highest BCUT2D eigenvalue weighted by molar-refractivity contribution is 5.45. The first kappa shape index (κ1) is 11.8. The maximum absolute atomic E-state index is 5.96. The molecule has 0 bridgehead atoms. The molecule has 2 heterocycles. The van der Waals surface area contributed by atoms with E-state index in [-0.39, 0.29) is 6.10 Å². The van der Waals surface area contributed by atoms with E-state index >= 15 is 0 Å². The summed E-state index contributed by atoms with van der Waals surface area (Å²) < 4.78 is 22.7. The van der Waals surface area contributed by atoms with Gasteiger partial charge in [-0.3, -0.25) is 0 Å². The van der Waals surface area contributed by atoms with Gasteiger partial charge in [0.25, 0.3) is 0 Å². The van der Waals surface area contributed by atoms with Crippen molar-refractivity contribution >= 4 is 0 Å². The zero-order chi connectivity index (χ0) is 12.6. The fourth-order valence-corrected chi connectivity index (χ4v) is 2.22. The normalized spacial score (nSPS) is 25.3. The van der Waals surface area contributed by atoms with Gasteiger partial charge in [-0.15, -0.1) is 0 Å². The average Bonchev–Trinajstić information content (AvgIpc) is 2.80. The van der Waals surface area contributed by atoms with Gasteiger partial charge in [-0.1, -0.05) is 6.07 Å². The van der Waals surface area contributed by atoms with Gasteiger partial charge in [-0.05, 0) is 12.1 Å². The van der Waals surface area contributed by atoms with Crippen molar-refractivity contribution in [3.8, 4) is 11.5 Å². The van der Waals surface area contributed by atoms with Crippen LogP contribution in [0.4, 0.5) is 0 Å². The Kier molecular flexibility index (Phi) is 2.92. The molecule has 2 aliphatic heterocycles. The fraction of sp³-hybridized carbons (Fsp3) is 0.571. The Labute approximate surface area is 107 Å². The molecule has 3 rings (SSSR count). The summed E-state index contributed by atoms with van der Waals surface area (Å²) in [7, 11) is 0. The Bertz CT molecular complexity index is 435. The lowest BCUT2D eigenvalue weighted by Crippen LogP contribution is -2.35. The molecule has 0 saturated carbocycles. The van der Waals surface area contributed by atoms with Gasteiger partial charge in [0.2, 0.25) is 5.79 Å². The highest BCUT2D eigenvalue weighted by atomic mass is 16.7. The zero-order valence-corrected chi connectivity index (χ0v) is 10.8. The van der Waals surface area contributed by atoms with E-state index in [1.54, 1.807) is 0 Å². The minimum atomic E-state index is -0.567. The van der Waals surface area contributed by atoms with Crippen LogP contribution < -0.4 is 9.47 Å². The van der Waals surface area contributed by atoms with Gasteiger partial charge in [0.15, 0.2) is 0 Å². The van der Waals surface area contributed by atoms with Gasteiger partial charge in [0, 0.05) is 20.3 Å². The summed E-state index contributed by atoms with van der Waals surface area (Å²) >= 11 is 0. The first-order chi connectivity index (χ1) is 8.64. The van der Waals surface area contributed by atoms with Crippen LogP contribution >= 0.6 is 0 Å². The molecule has 1 saturated heterocycles. The molecule has 0 amide bonds. The molecule has 2 aliphatic rings. The van der Waals surface area contributed by atoms with Crippen LogP contribution in [0.2, 0.25) is 0 Å². The third kappa shape index (κ3) is 2.31. The highest BCUT2D eigenvalue weighted by Crippen LogP contribution is 2.37. The zero-order valence-electron chi connectivity index (χ0n) is 10.8. The number of rotatable bonds is 2. The van der Waals surface area contributed by atoms with Crippen LogP contribution in [-0.2, 0) is 16.1 Å². The van der Waals surface area contributed by atoms with Crippen LogP contribution in [0, 0.1) is 0 Å². The quantitative estimate of drug-likeness (QED) is 0.808. The molecule has 0 aliphatic carbocycles. The second-order valence-electron chi connectivity index (χ2n) is 5.13. The lowest BCUT2D eigenvalue weighted by molar-refractivity contribution is -0.180. The van der Waals surface area contributed by atoms with Crippen molar-refractivity contribution in [3.05, 3.63) is 23.8 Å². The second-order valence-corrected chi connectivity index (χ2v) is 5.13. The number of fused-ring (bicyclic) bond motifs is 1. The van der Waals surface area contributed by atoms with Crippen LogP contribution in [0.1, 0.15) is 25.8 Å². The summed E-state index contributed by atoms with van der Waals surface area (Å²) in [6.45, 7) is 5.78. The minimum absolute atomic E-state index is 0.145. The van der Waals surface area contributed by atoms with Crippen LogP contribution in [0.3, 0.4) is 0 Å². The van der Waals surface area contributed by atoms with E-state index < -0.39 is 5.79 Å². The number of ether oxygens (including phenoxy) is 4. The molecule has 1 atom stereocenters. The summed E-state index contributed by atoms with van der Waals surface area (Å²) in [6, 6.07) is 5.87. The SMILES string of the molecule is CC1(C)OCc2c(OC3CCOC3)cccc2O1. The largest absolute Gasteiger partial charge is 0.487 e. The molecule has 0 radical (unpaired) electrons. The molecule has 98 valence electrons. The second kappa shape index (κ2) is 4.44. The molecule has 18 heavy (non-hydrogen) atoms. The standard InChI is InChI=1S/C14H18O4/c1-14(2)16-9-11-12(4-3-5-13(11)18-14)17-10-6-7-15-8-10/h3-5,10H,6-9H2,1-2H3. The molecular weight excluding hydrogens is 232 g/mol. The Hall–Kier alpha value is -1.26. The van der Waals surface area contributed by atoms with Crippen molar-refractivity contribution in [3.63, 3.8) is 0 Å². The van der Waals surface area contributed by atoms with Crippen molar-refractivity contribution < 1.29 is 18.9 Å². The Morgan fingerprint density at radius 1 is 1.33 bits per heavy atom. The van der Waals surface area contributed by atoms with E-state index in [0.29, 0.717) is 13.2 Å².